The maximum Gasteiger partial charge on any atom is 0.260 e. The van der Waals surface area contributed by atoms with Gasteiger partial charge < -0.3 is 5.32 Å². The van der Waals surface area contributed by atoms with E-state index in [9.17, 15) is 18.0 Å². The van der Waals surface area contributed by atoms with Gasteiger partial charge in [0.2, 0.25) is 10.0 Å². The molecule has 0 fully saturated rings. The molecule has 2 aromatic rings. The third-order valence-corrected chi connectivity index (χ3v) is 4.67. The normalized spacial score (nSPS) is 15.6. The smallest absolute Gasteiger partial charge is 0.260 e. The molecule has 0 unspecified atom stereocenters. The summed E-state index contributed by atoms with van der Waals surface area (Å²) < 4.78 is 22.4. The number of carbonyl (C=O) groups excluding carboxylic acids is 2. The number of hydrogen-bond donors (Lipinski definition) is 3. The Morgan fingerprint density at radius 3 is 2.24 bits per heavy atom. The van der Waals surface area contributed by atoms with E-state index < -0.39 is 21.8 Å². The van der Waals surface area contributed by atoms with Crippen molar-refractivity contribution in [2.24, 2.45) is 5.14 Å². The number of imide groups is 1. The zero-order valence-electron chi connectivity index (χ0n) is 13.0. The Bertz CT molecular complexity index is 979. The van der Waals surface area contributed by atoms with Gasteiger partial charge in [-0.25, -0.2) is 13.6 Å². The molecule has 1 aliphatic heterocycles. The van der Waals surface area contributed by atoms with Crippen LogP contribution < -0.4 is 15.8 Å². The molecule has 7 nitrogen and oxygen atoms in total. The van der Waals surface area contributed by atoms with Gasteiger partial charge in [0.15, 0.2) is 0 Å². The van der Waals surface area contributed by atoms with Crippen LogP contribution in [0.3, 0.4) is 0 Å². The molecule has 2 amide bonds. The average molecular weight is 357 g/mol. The minimum atomic E-state index is -3.72. The van der Waals surface area contributed by atoms with E-state index in [1.165, 1.54) is 18.3 Å². The van der Waals surface area contributed by atoms with E-state index in [4.69, 9.17) is 5.14 Å². The van der Waals surface area contributed by atoms with Crippen molar-refractivity contribution in [2.75, 3.05) is 0 Å². The largest absolute Gasteiger partial charge is 0.386 e. The lowest BCUT2D eigenvalue weighted by atomic mass is 9.96. The number of fused-ring (bicyclic) bond motifs is 1. The van der Waals surface area contributed by atoms with Crippen LogP contribution in [0.4, 0.5) is 0 Å². The Morgan fingerprint density at radius 1 is 0.960 bits per heavy atom. The highest BCUT2D eigenvalue weighted by molar-refractivity contribution is 7.89. The average Bonchev–Trinajstić information content (AvgIpc) is 2.57. The van der Waals surface area contributed by atoms with Crippen LogP contribution in [-0.2, 0) is 21.4 Å². The first-order valence-corrected chi connectivity index (χ1v) is 8.91. The minimum absolute atomic E-state index is 0.0358. The molecule has 1 heterocycles. The SMILES string of the molecule is NS(=O)(=O)c1ccc(CN/C=C2\C(=O)NC(=O)c3ccccc32)cc1. The molecule has 0 spiro atoms. The van der Waals surface area contributed by atoms with Gasteiger partial charge in [0.05, 0.1) is 10.5 Å². The molecule has 0 atom stereocenters. The van der Waals surface area contributed by atoms with Crippen molar-refractivity contribution in [3.05, 3.63) is 71.4 Å². The summed E-state index contributed by atoms with van der Waals surface area (Å²) in [4.78, 5) is 23.9. The second kappa shape index (κ2) is 6.50. The summed E-state index contributed by atoms with van der Waals surface area (Å²) in [6.45, 7) is 0.373. The van der Waals surface area contributed by atoms with Crippen LogP contribution in [-0.4, -0.2) is 20.2 Å². The van der Waals surface area contributed by atoms with Crippen LogP contribution in [0, 0.1) is 0 Å². The molecule has 4 N–H and O–H groups in total. The van der Waals surface area contributed by atoms with E-state index in [2.05, 4.69) is 10.6 Å². The number of nitrogens with one attached hydrogen (secondary N) is 2. The van der Waals surface area contributed by atoms with Gasteiger partial charge in [-0.2, -0.15) is 0 Å². The quantitative estimate of drug-likeness (QED) is 0.551. The number of carbonyl (C=O) groups is 2. The van der Waals surface area contributed by atoms with Crippen molar-refractivity contribution in [3.63, 3.8) is 0 Å². The zero-order chi connectivity index (χ0) is 18.0. The van der Waals surface area contributed by atoms with Crippen LogP contribution in [0.2, 0.25) is 0 Å². The van der Waals surface area contributed by atoms with E-state index in [-0.39, 0.29) is 4.90 Å². The molecular formula is C17H15N3O4S. The topological polar surface area (TPSA) is 118 Å². The van der Waals surface area contributed by atoms with E-state index in [0.717, 1.165) is 5.56 Å². The molecule has 8 heteroatoms. The predicted molar refractivity (Wildman–Crippen MR) is 91.5 cm³/mol. The summed E-state index contributed by atoms with van der Waals surface area (Å²) in [6.07, 6.45) is 1.54. The van der Waals surface area contributed by atoms with Gasteiger partial charge in [0.25, 0.3) is 11.8 Å². The molecular weight excluding hydrogens is 342 g/mol. The summed E-state index contributed by atoms with van der Waals surface area (Å²) in [7, 11) is -3.72. The molecule has 0 aliphatic carbocycles. The highest BCUT2D eigenvalue weighted by atomic mass is 32.2. The van der Waals surface area contributed by atoms with Crippen molar-refractivity contribution >= 4 is 27.4 Å². The first kappa shape index (κ1) is 16.9. The number of hydrogen-bond acceptors (Lipinski definition) is 5. The van der Waals surface area contributed by atoms with Crippen LogP contribution in [0.1, 0.15) is 21.5 Å². The molecule has 0 radical (unpaired) electrons. The van der Waals surface area contributed by atoms with Gasteiger partial charge in [-0.15, -0.1) is 0 Å². The number of amides is 2. The number of nitrogens with two attached hydrogens (primary N) is 1. The van der Waals surface area contributed by atoms with Gasteiger partial charge in [-0.3, -0.25) is 14.9 Å². The predicted octanol–water partition coefficient (Wildman–Crippen LogP) is 0.735. The molecule has 0 saturated heterocycles. The fourth-order valence-electron chi connectivity index (χ4n) is 2.49. The van der Waals surface area contributed by atoms with Crippen LogP contribution >= 0.6 is 0 Å². The van der Waals surface area contributed by atoms with E-state index in [1.54, 1.807) is 36.4 Å². The van der Waals surface area contributed by atoms with Crippen molar-refractivity contribution in [3.8, 4) is 0 Å². The third kappa shape index (κ3) is 3.59. The van der Waals surface area contributed by atoms with E-state index in [0.29, 0.717) is 23.2 Å². The molecule has 25 heavy (non-hydrogen) atoms. The minimum Gasteiger partial charge on any atom is -0.386 e. The Morgan fingerprint density at radius 2 is 1.60 bits per heavy atom. The van der Waals surface area contributed by atoms with Gasteiger partial charge in [0, 0.05) is 23.9 Å². The fraction of sp³-hybridized carbons (Fsp3) is 0.0588. The lowest BCUT2D eigenvalue weighted by Gasteiger charge is -2.18. The Hall–Kier alpha value is -2.97. The summed E-state index contributed by atoms with van der Waals surface area (Å²) in [6, 6.07) is 12.9. The second-order valence-corrected chi connectivity index (χ2v) is 7.02. The summed E-state index contributed by atoms with van der Waals surface area (Å²) in [5, 5.41) is 10.3. The van der Waals surface area contributed by atoms with Crippen LogP contribution in [0.25, 0.3) is 5.57 Å². The van der Waals surface area contributed by atoms with Crippen molar-refractivity contribution in [2.45, 2.75) is 11.4 Å². The Kier molecular flexibility index (Phi) is 4.39. The van der Waals surface area contributed by atoms with Gasteiger partial charge in [0.1, 0.15) is 0 Å². The van der Waals surface area contributed by atoms with Crippen LogP contribution in [0.5, 0.6) is 0 Å². The van der Waals surface area contributed by atoms with Crippen molar-refractivity contribution < 1.29 is 18.0 Å². The van der Waals surface area contributed by atoms with E-state index >= 15 is 0 Å². The fourth-order valence-corrected chi connectivity index (χ4v) is 3.00. The summed E-state index contributed by atoms with van der Waals surface area (Å²) in [5.41, 5.74) is 2.17. The lowest BCUT2D eigenvalue weighted by molar-refractivity contribution is -0.114. The van der Waals surface area contributed by atoms with E-state index in [1.807, 2.05) is 0 Å². The number of rotatable bonds is 4. The second-order valence-electron chi connectivity index (χ2n) is 5.46. The first-order valence-electron chi connectivity index (χ1n) is 7.36. The summed E-state index contributed by atoms with van der Waals surface area (Å²) >= 11 is 0. The molecule has 0 bridgehead atoms. The molecule has 3 rings (SSSR count). The molecule has 0 aromatic heterocycles. The lowest BCUT2D eigenvalue weighted by Crippen LogP contribution is -2.36. The van der Waals surface area contributed by atoms with Crippen molar-refractivity contribution in [1.82, 2.24) is 10.6 Å². The van der Waals surface area contributed by atoms with Gasteiger partial charge >= 0.3 is 0 Å². The van der Waals surface area contributed by atoms with Gasteiger partial charge in [-0.05, 0) is 23.8 Å². The molecule has 0 saturated carbocycles. The van der Waals surface area contributed by atoms with Crippen LogP contribution in [0.15, 0.2) is 59.6 Å². The maximum atomic E-state index is 12.0. The number of benzene rings is 2. The van der Waals surface area contributed by atoms with Gasteiger partial charge in [-0.1, -0.05) is 30.3 Å². The molecule has 2 aromatic carbocycles. The molecule has 128 valence electrons. The van der Waals surface area contributed by atoms with Crippen molar-refractivity contribution in [1.29, 1.82) is 0 Å². The zero-order valence-corrected chi connectivity index (χ0v) is 13.8. The maximum absolute atomic E-state index is 12.0. The highest BCUT2D eigenvalue weighted by Crippen LogP contribution is 2.23. The first-order chi connectivity index (χ1) is 11.9. The molecule has 1 aliphatic rings. The summed E-state index contributed by atoms with van der Waals surface area (Å²) in [5.74, 6) is -0.892. The highest BCUT2D eigenvalue weighted by Gasteiger charge is 2.26. The Labute approximate surface area is 144 Å². The number of primary sulfonamides is 1. The third-order valence-electron chi connectivity index (χ3n) is 3.74. The monoisotopic (exact) mass is 357 g/mol. The Balaban J connectivity index is 1.77. The standard InChI is InChI=1S/C17H15N3O4S/c18-25(23,24)12-7-5-11(6-8-12)9-19-10-15-13-3-1-2-4-14(13)16(21)20-17(15)22/h1-8,10,19H,9H2,(H2,18,23,24)(H,20,21,22)/b15-10-. The number of sulfonamides is 1.